The van der Waals surface area contributed by atoms with Crippen molar-refractivity contribution in [3.05, 3.63) is 24.3 Å². The highest BCUT2D eigenvalue weighted by atomic mass is 35.5. The second-order valence-corrected chi connectivity index (χ2v) is 8.47. The smallest absolute Gasteiger partial charge is 0.243 e. The van der Waals surface area contributed by atoms with Crippen LogP contribution in [0.25, 0.3) is 0 Å². The lowest BCUT2D eigenvalue weighted by Gasteiger charge is -2.33. The Labute approximate surface area is 137 Å². The maximum atomic E-state index is 12.7. The minimum atomic E-state index is -3.94. The summed E-state index contributed by atoms with van der Waals surface area (Å²) in [6, 6.07) is 4.85. The Bertz CT molecular complexity index is 722. The van der Waals surface area contributed by atoms with Crippen LogP contribution in [-0.4, -0.2) is 40.3 Å². The largest absolute Gasteiger partial charge is 0.329 e. The van der Waals surface area contributed by atoms with Crippen molar-refractivity contribution in [3.8, 4) is 0 Å². The zero-order valence-electron chi connectivity index (χ0n) is 11.9. The number of rotatable bonds is 4. The number of nitrogens with two attached hydrogens (primary N) is 2. The summed E-state index contributed by atoms with van der Waals surface area (Å²) in [6.07, 6.45) is 2.42. The maximum Gasteiger partial charge on any atom is 0.243 e. The number of benzene rings is 1. The Morgan fingerprint density at radius 1 is 1.14 bits per heavy atom. The van der Waals surface area contributed by atoms with E-state index < -0.39 is 20.0 Å². The van der Waals surface area contributed by atoms with Crippen molar-refractivity contribution in [2.24, 2.45) is 10.9 Å². The first-order valence-corrected chi connectivity index (χ1v) is 9.60. The molecule has 0 aliphatic carbocycles. The summed E-state index contributed by atoms with van der Waals surface area (Å²) in [5.74, 6) is 0. The molecule has 1 heterocycles. The number of hydrogen-bond donors (Lipinski definition) is 2. The molecule has 1 saturated heterocycles. The third-order valence-electron chi connectivity index (χ3n) is 3.59. The minimum Gasteiger partial charge on any atom is -0.329 e. The van der Waals surface area contributed by atoms with E-state index in [1.807, 2.05) is 0 Å². The van der Waals surface area contributed by atoms with Gasteiger partial charge in [-0.05, 0) is 31.0 Å². The van der Waals surface area contributed by atoms with Gasteiger partial charge < -0.3 is 5.73 Å². The van der Waals surface area contributed by atoms with Gasteiger partial charge in [-0.2, -0.15) is 4.31 Å². The van der Waals surface area contributed by atoms with E-state index in [2.05, 4.69) is 0 Å². The SMILES string of the molecule is Cl.NCC1CCCCN1S(=O)(=O)c1cccc(S(N)(=O)=O)c1. The van der Waals surface area contributed by atoms with Gasteiger partial charge in [0, 0.05) is 19.1 Å². The molecule has 0 radical (unpaired) electrons. The molecule has 7 nitrogen and oxygen atoms in total. The number of halogens is 1. The number of primary sulfonamides is 1. The first-order chi connectivity index (χ1) is 9.76. The van der Waals surface area contributed by atoms with Crippen molar-refractivity contribution in [3.63, 3.8) is 0 Å². The van der Waals surface area contributed by atoms with Gasteiger partial charge in [-0.25, -0.2) is 22.0 Å². The lowest BCUT2D eigenvalue weighted by Crippen LogP contribution is -2.47. The number of hydrogen-bond acceptors (Lipinski definition) is 5. The summed E-state index contributed by atoms with van der Waals surface area (Å²) >= 11 is 0. The molecule has 0 bridgehead atoms. The van der Waals surface area contributed by atoms with Crippen molar-refractivity contribution in [1.82, 2.24) is 4.31 Å². The zero-order chi connectivity index (χ0) is 15.7. The molecule has 2 rings (SSSR count). The van der Waals surface area contributed by atoms with E-state index in [4.69, 9.17) is 10.9 Å². The van der Waals surface area contributed by atoms with Gasteiger partial charge in [0.25, 0.3) is 0 Å². The normalized spacial score (nSPS) is 20.4. The molecule has 4 N–H and O–H groups in total. The molecule has 1 aliphatic heterocycles. The molecular formula is C12H20ClN3O4S2. The average molecular weight is 370 g/mol. The van der Waals surface area contributed by atoms with Gasteiger partial charge in [0.2, 0.25) is 20.0 Å². The van der Waals surface area contributed by atoms with Gasteiger partial charge in [0.1, 0.15) is 0 Å². The highest BCUT2D eigenvalue weighted by molar-refractivity contribution is 7.90. The summed E-state index contributed by atoms with van der Waals surface area (Å²) in [5, 5.41) is 5.04. The lowest BCUT2D eigenvalue weighted by atomic mass is 10.1. The van der Waals surface area contributed by atoms with Crippen molar-refractivity contribution in [2.75, 3.05) is 13.1 Å². The molecule has 10 heteroatoms. The molecule has 1 unspecified atom stereocenters. The number of sulfonamides is 2. The van der Waals surface area contributed by atoms with E-state index in [-0.39, 0.29) is 34.8 Å². The summed E-state index contributed by atoms with van der Waals surface area (Å²) in [5.41, 5.74) is 5.65. The van der Waals surface area contributed by atoms with Crippen molar-refractivity contribution < 1.29 is 16.8 Å². The molecule has 1 atom stereocenters. The van der Waals surface area contributed by atoms with Crippen LogP contribution in [0.1, 0.15) is 19.3 Å². The van der Waals surface area contributed by atoms with E-state index in [0.29, 0.717) is 13.0 Å². The van der Waals surface area contributed by atoms with E-state index >= 15 is 0 Å². The van der Waals surface area contributed by atoms with Gasteiger partial charge >= 0.3 is 0 Å². The van der Waals surface area contributed by atoms with Gasteiger partial charge in [-0.15, -0.1) is 12.4 Å². The number of piperidine rings is 1. The Morgan fingerprint density at radius 3 is 2.36 bits per heavy atom. The molecule has 126 valence electrons. The van der Waals surface area contributed by atoms with Crippen LogP contribution < -0.4 is 10.9 Å². The average Bonchev–Trinajstić information content (AvgIpc) is 2.46. The third-order valence-corrected chi connectivity index (χ3v) is 6.44. The highest BCUT2D eigenvalue weighted by Crippen LogP contribution is 2.25. The number of nitrogens with zero attached hydrogens (tertiary/aromatic N) is 1. The minimum absolute atomic E-state index is 0. The predicted octanol–water partition coefficient (Wildman–Crippen LogP) is 0.258. The van der Waals surface area contributed by atoms with Crippen molar-refractivity contribution >= 4 is 32.5 Å². The molecule has 1 aromatic carbocycles. The maximum absolute atomic E-state index is 12.7. The molecule has 1 fully saturated rings. The second-order valence-electron chi connectivity index (χ2n) is 5.02. The highest BCUT2D eigenvalue weighted by Gasteiger charge is 2.33. The molecule has 1 aromatic rings. The van der Waals surface area contributed by atoms with E-state index in [0.717, 1.165) is 18.9 Å². The van der Waals surface area contributed by atoms with Crippen LogP contribution in [0.3, 0.4) is 0 Å². The Hall–Kier alpha value is -0.710. The Balaban J connectivity index is 0.00000242. The monoisotopic (exact) mass is 369 g/mol. The van der Waals surface area contributed by atoms with Crippen molar-refractivity contribution in [1.29, 1.82) is 0 Å². The summed E-state index contributed by atoms with van der Waals surface area (Å²) in [7, 11) is -7.72. The molecule has 0 spiro atoms. The molecule has 0 saturated carbocycles. The Morgan fingerprint density at radius 2 is 1.77 bits per heavy atom. The van der Waals surface area contributed by atoms with Crippen LogP contribution in [0.5, 0.6) is 0 Å². The topological polar surface area (TPSA) is 124 Å². The molecular weight excluding hydrogens is 350 g/mol. The van der Waals surface area contributed by atoms with Gasteiger partial charge in [0.05, 0.1) is 9.79 Å². The molecule has 0 amide bonds. The van der Waals surface area contributed by atoms with E-state index in [9.17, 15) is 16.8 Å². The van der Waals surface area contributed by atoms with E-state index in [1.165, 1.54) is 22.5 Å². The zero-order valence-corrected chi connectivity index (χ0v) is 14.3. The lowest BCUT2D eigenvalue weighted by molar-refractivity contribution is 0.257. The first-order valence-electron chi connectivity index (χ1n) is 6.61. The quantitative estimate of drug-likeness (QED) is 0.787. The van der Waals surface area contributed by atoms with Crippen LogP contribution in [0.2, 0.25) is 0 Å². The third kappa shape index (κ3) is 3.98. The Kier molecular flexibility index (Phi) is 6.36. The fourth-order valence-electron chi connectivity index (χ4n) is 2.47. The fraction of sp³-hybridized carbons (Fsp3) is 0.500. The molecule has 22 heavy (non-hydrogen) atoms. The van der Waals surface area contributed by atoms with Gasteiger partial charge in [-0.1, -0.05) is 12.5 Å². The predicted molar refractivity (Wildman–Crippen MR) is 85.6 cm³/mol. The molecule has 1 aliphatic rings. The van der Waals surface area contributed by atoms with Gasteiger partial charge in [-0.3, -0.25) is 0 Å². The van der Waals surface area contributed by atoms with Crippen LogP contribution >= 0.6 is 12.4 Å². The van der Waals surface area contributed by atoms with E-state index in [1.54, 1.807) is 0 Å². The first kappa shape index (κ1) is 19.3. The van der Waals surface area contributed by atoms with Crippen LogP contribution in [-0.2, 0) is 20.0 Å². The standard InChI is InChI=1S/C12H19N3O4S2.ClH/c13-9-10-4-1-2-7-15(10)21(18,19)12-6-3-5-11(8-12)20(14,16)17;/h3,5-6,8,10H,1-2,4,7,9,13H2,(H2,14,16,17);1H. The van der Waals surface area contributed by atoms with Crippen LogP contribution in [0, 0.1) is 0 Å². The van der Waals surface area contributed by atoms with Crippen LogP contribution in [0.15, 0.2) is 34.1 Å². The molecule has 0 aromatic heterocycles. The van der Waals surface area contributed by atoms with Crippen LogP contribution in [0.4, 0.5) is 0 Å². The van der Waals surface area contributed by atoms with Gasteiger partial charge in [0.15, 0.2) is 0 Å². The summed E-state index contributed by atoms with van der Waals surface area (Å²) in [6.45, 7) is 0.637. The summed E-state index contributed by atoms with van der Waals surface area (Å²) < 4.78 is 49.4. The summed E-state index contributed by atoms with van der Waals surface area (Å²) in [4.78, 5) is -0.292. The second kappa shape index (κ2) is 7.24. The fourth-order valence-corrected chi connectivity index (χ4v) is 4.86. The van der Waals surface area contributed by atoms with Crippen molar-refractivity contribution in [2.45, 2.75) is 35.1 Å².